The van der Waals surface area contributed by atoms with Crippen LogP contribution in [0.25, 0.3) is 10.9 Å². The fourth-order valence-electron chi connectivity index (χ4n) is 2.38. The van der Waals surface area contributed by atoms with Gasteiger partial charge in [0.05, 0.1) is 5.52 Å². The molecule has 8 heteroatoms. The zero-order valence-electron chi connectivity index (χ0n) is 13.0. The summed E-state index contributed by atoms with van der Waals surface area (Å²) in [6.45, 7) is 5.49. The van der Waals surface area contributed by atoms with Crippen LogP contribution in [0, 0.1) is 6.92 Å². The molecule has 0 bridgehead atoms. The van der Waals surface area contributed by atoms with E-state index in [1.807, 2.05) is 38.1 Å². The number of nitrogens with one attached hydrogen (secondary N) is 1. The van der Waals surface area contributed by atoms with Crippen molar-refractivity contribution in [1.29, 1.82) is 0 Å². The molecule has 0 radical (unpaired) electrons. The molecular weight excluding hydrogens is 296 g/mol. The van der Waals surface area contributed by atoms with Crippen LogP contribution >= 0.6 is 0 Å². The molecule has 0 saturated heterocycles. The standard InChI is InChI=1S/C15H16N6O2/c1-8(2)21-11-7-5-4-6-10(11)12(14(21)23)18-20-15-16-13(22)9(3)17-19-15/h4-8,23H,1-3H3,(H,16,19,22). The van der Waals surface area contributed by atoms with Crippen molar-refractivity contribution in [3.8, 4) is 5.88 Å². The van der Waals surface area contributed by atoms with Gasteiger partial charge in [-0.2, -0.15) is 0 Å². The maximum absolute atomic E-state index is 11.5. The highest BCUT2D eigenvalue weighted by Crippen LogP contribution is 2.40. The number of fused-ring (bicyclic) bond motifs is 1. The normalized spacial score (nSPS) is 11.8. The van der Waals surface area contributed by atoms with Crippen LogP contribution in [0.1, 0.15) is 25.6 Å². The summed E-state index contributed by atoms with van der Waals surface area (Å²) in [4.78, 5) is 14.0. The average Bonchev–Trinajstić information content (AvgIpc) is 2.80. The topological polar surface area (TPSA) is 109 Å². The number of azo groups is 1. The summed E-state index contributed by atoms with van der Waals surface area (Å²) >= 11 is 0. The van der Waals surface area contributed by atoms with E-state index in [0.29, 0.717) is 5.69 Å². The second-order valence-corrected chi connectivity index (χ2v) is 5.42. The summed E-state index contributed by atoms with van der Waals surface area (Å²) in [5, 5.41) is 26.6. The number of aromatic hydroxyl groups is 1. The number of hydrogen-bond acceptors (Lipinski definition) is 6. The molecule has 8 nitrogen and oxygen atoms in total. The molecule has 0 aliphatic heterocycles. The zero-order valence-corrected chi connectivity index (χ0v) is 13.0. The monoisotopic (exact) mass is 312 g/mol. The number of para-hydroxylation sites is 1. The third-order valence-electron chi connectivity index (χ3n) is 3.47. The minimum atomic E-state index is -0.372. The van der Waals surface area contributed by atoms with E-state index in [1.54, 1.807) is 11.5 Å². The Labute approximate surface area is 131 Å². The van der Waals surface area contributed by atoms with Gasteiger partial charge in [-0.05, 0) is 26.8 Å². The Morgan fingerprint density at radius 3 is 2.65 bits per heavy atom. The van der Waals surface area contributed by atoms with E-state index in [9.17, 15) is 9.90 Å². The molecule has 23 heavy (non-hydrogen) atoms. The number of hydrogen-bond donors (Lipinski definition) is 2. The molecule has 0 fully saturated rings. The van der Waals surface area contributed by atoms with E-state index in [0.717, 1.165) is 10.9 Å². The minimum absolute atomic E-state index is 0.0126. The third kappa shape index (κ3) is 2.59. The Balaban J connectivity index is 2.13. The lowest BCUT2D eigenvalue weighted by Gasteiger charge is -2.10. The molecule has 2 N–H and O–H groups in total. The van der Waals surface area contributed by atoms with Crippen molar-refractivity contribution in [3.63, 3.8) is 0 Å². The van der Waals surface area contributed by atoms with Gasteiger partial charge < -0.3 is 9.67 Å². The van der Waals surface area contributed by atoms with E-state index in [-0.39, 0.29) is 29.1 Å². The first-order valence-electron chi connectivity index (χ1n) is 7.16. The van der Waals surface area contributed by atoms with Crippen LogP contribution in [0.4, 0.5) is 11.6 Å². The average molecular weight is 312 g/mol. The van der Waals surface area contributed by atoms with Crippen LogP contribution in [0.2, 0.25) is 0 Å². The predicted molar refractivity (Wildman–Crippen MR) is 85.6 cm³/mol. The van der Waals surface area contributed by atoms with Crippen molar-refractivity contribution in [1.82, 2.24) is 19.7 Å². The van der Waals surface area contributed by atoms with Crippen LogP contribution in [-0.2, 0) is 0 Å². The summed E-state index contributed by atoms with van der Waals surface area (Å²) in [6, 6.07) is 7.57. The Morgan fingerprint density at radius 2 is 1.96 bits per heavy atom. The SMILES string of the molecule is Cc1nnc(N=Nc2c(O)n(C(C)C)c3ccccc23)[nH]c1=O. The lowest BCUT2D eigenvalue weighted by atomic mass is 10.2. The van der Waals surface area contributed by atoms with Gasteiger partial charge in [0.1, 0.15) is 5.69 Å². The maximum Gasteiger partial charge on any atom is 0.274 e. The van der Waals surface area contributed by atoms with E-state index in [2.05, 4.69) is 25.4 Å². The van der Waals surface area contributed by atoms with E-state index in [4.69, 9.17) is 0 Å². The lowest BCUT2D eigenvalue weighted by Crippen LogP contribution is -2.12. The molecule has 2 heterocycles. The summed E-state index contributed by atoms with van der Waals surface area (Å²) in [5.74, 6) is 0.00810. The first-order chi connectivity index (χ1) is 11.0. The zero-order chi connectivity index (χ0) is 16.6. The third-order valence-corrected chi connectivity index (χ3v) is 3.47. The first-order valence-corrected chi connectivity index (χ1v) is 7.16. The highest BCUT2D eigenvalue weighted by molar-refractivity contribution is 5.95. The van der Waals surface area contributed by atoms with Crippen LogP contribution in [0.3, 0.4) is 0 Å². The van der Waals surface area contributed by atoms with Crippen molar-refractivity contribution in [3.05, 3.63) is 40.3 Å². The van der Waals surface area contributed by atoms with Crippen molar-refractivity contribution >= 4 is 22.5 Å². The number of aromatic nitrogens is 4. The Morgan fingerprint density at radius 1 is 1.22 bits per heavy atom. The molecule has 3 aromatic rings. The molecule has 0 amide bonds. The van der Waals surface area contributed by atoms with Gasteiger partial charge in [0, 0.05) is 11.4 Å². The molecule has 3 rings (SSSR count). The molecule has 0 atom stereocenters. The molecule has 0 aliphatic rings. The highest BCUT2D eigenvalue weighted by Gasteiger charge is 2.18. The van der Waals surface area contributed by atoms with Crippen LogP contribution in [0.15, 0.2) is 39.3 Å². The maximum atomic E-state index is 11.5. The van der Waals surface area contributed by atoms with Crippen LogP contribution in [0.5, 0.6) is 5.88 Å². The first kappa shape index (κ1) is 14.9. The Hall–Kier alpha value is -3.03. The van der Waals surface area contributed by atoms with Crippen LogP contribution < -0.4 is 5.56 Å². The fraction of sp³-hybridized carbons (Fsp3) is 0.267. The van der Waals surface area contributed by atoms with E-state index < -0.39 is 0 Å². The number of aryl methyl sites for hydroxylation is 1. The summed E-state index contributed by atoms with van der Waals surface area (Å²) in [6.07, 6.45) is 0. The molecule has 118 valence electrons. The molecule has 1 aromatic carbocycles. The number of benzene rings is 1. The van der Waals surface area contributed by atoms with Gasteiger partial charge >= 0.3 is 0 Å². The number of H-pyrrole nitrogens is 1. The molecule has 2 aromatic heterocycles. The Kier molecular flexibility index (Phi) is 3.65. The van der Waals surface area contributed by atoms with E-state index in [1.165, 1.54) is 0 Å². The molecule has 0 unspecified atom stereocenters. The molecular formula is C15H16N6O2. The second-order valence-electron chi connectivity index (χ2n) is 5.42. The van der Waals surface area contributed by atoms with Gasteiger partial charge in [0.25, 0.3) is 11.5 Å². The Bertz CT molecular complexity index is 954. The van der Waals surface area contributed by atoms with Crippen molar-refractivity contribution < 1.29 is 5.11 Å². The quantitative estimate of drug-likeness (QED) is 0.724. The van der Waals surface area contributed by atoms with Crippen molar-refractivity contribution in [2.75, 3.05) is 0 Å². The molecule has 0 spiro atoms. The smallest absolute Gasteiger partial charge is 0.274 e. The van der Waals surface area contributed by atoms with Crippen LogP contribution in [-0.4, -0.2) is 24.9 Å². The van der Waals surface area contributed by atoms with Gasteiger partial charge in [-0.1, -0.05) is 18.2 Å². The van der Waals surface area contributed by atoms with Crippen molar-refractivity contribution in [2.24, 2.45) is 10.2 Å². The fourth-order valence-corrected chi connectivity index (χ4v) is 2.38. The van der Waals surface area contributed by atoms with Gasteiger partial charge in [-0.3, -0.25) is 9.78 Å². The summed E-state index contributed by atoms with van der Waals surface area (Å²) < 4.78 is 1.77. The largest absolute Gasteiger partial charge is 0.493 e. The predicted octanol–water partition coefficient (Wildman–Crippen LogP) is 3.13. The molecule has 0 saturated carbocycles. The minimum Gasteiger partial charge on any atom is -0.493 e. The summed E-state index contributed by atoms with van der Waals surface area (Å²) in [7, 11) is 0. The second kappa shape index (κ2) is 5.64. The van der Waals surface area contributed by atoms with Gasteiger partial charge in [0.15, 0.2) is 5.69 Å². The van der Waals surface area contributed by atoms with E-state index >= 15 is 0 Å². The highest BCUT2D eigenvalue weighted by atomic mass is 16.3. The van der Waals surface area contributed by atoms with Crippen molar-refractivity contribution in [2.45, 2.75) is 26.8 Å². The summed E-state index contributed by atoms with van der Waals surface area (Å²) in [5.41, 5.74) is 1.07. The van der Waals surface area contributed by atoms with Gasteiger partial charge in [-0.25, -0.2) is 0 Å². The van der Waals surface area contributed by atoms with Gasteiger partial charge in [0.2, 0.25) is 5.88 Å². The number of rotatable bonds is 3. The molecule has 0 aliphatic carbocycles. The lowest BCUT2D eigenvalue weighted by molar-refractivity contribution is 0.407. The van der Waals surface area contributed by atoms with Gasteiger partial charge in [-0.15, -0.1) is 20.4 Å². The number of aromatic amines is 1. The number of nitrogens with zero attached hydrogens (tertiary/aromatic N) is 5.